The molecular weight excluding hydrogens is 255 g/mol. The molecule has 0 spiro atoms. The van der Waals surface area contributed by atoms with Crippen LogP contribution in [0.15, 0.2) is 0 Å². The van der Waals surface area contributed by atoms with Crippen LogP contribution in [-0.4, -0.2) is 66.5 Å². The molecule has 0 aromatic rings. The first-order valence-corrected chi connectivity index (χ1v) is 7.82. The molecule has 0 aromatic heterocycles. The van der Waals surface area contributed by atoms with Crippen molar-refractivity contribution in [2.24, 2.45) is 0 Å². The first-order valence-electron chi connectivity index (χ1n) is 6.25. The van der Waals surface area contributed by atoms with E-state index in [0.717, 1.165) is 6.61 Å². The molecule has 1 atom stereocenters. The van der Waals surface area contributed by atoms with Crippen molar-refractivity contribution in [3.8, 4) is 0 Å². The van der Waals surface area contributed by atoms with Crippen LogP contribution in [-0.2, 0) is 22.8 Å². The van der Waals surface area contributed by atoms with Gasteiger partial charge in [-0.1, -0.05) is 11.7 Å². The van der Waals surface area contributed by atoms with Crippen molar-refractivity contribution in [1.29, 1.82) is 0 Å². The van der Waals surface area contributed by atoms with E-state index in [1.54, 1.807) is 0 Å². The first-order chi connectivity index (χ1) is 8.72. The fourth-order valence-corrected chi connectivity index (χ4v) is 2.46. The van der Waals surface area contributed by atoms with Gasteiger partial charge in [0.2, 0.25) is 0 Å². The van der Waals surface area contributed by atoms with Gasteiger partial charge >= 0.3 is 21.5 Å². The minimum atomic E-state index is -1.19. The van der Waals surface area contributed by atoms with E-state index in [-0.39, 0.29) is 22.2 Å². The van der Waals surface area contributed by atoms with Crippen molar-refractivity contribution in [3.63, 3.8) is 0 Å². The third kappa shape index (κ3) is 11.0. The monoisotopic (exact) mass is 278 g/mol. The first kappa shape index (κ1) is 17.8. The zero-order chi connectivity index (χ0) is 13.6. The summed E-state index contributed by atoms with van der Waals surface area (Å²) >= 11 is 0.00849. The van der Waals surface area contributed by atoms with Crippen LogP contribution in [0.3, 0.4) is 0 Å². The van der Waals surface area contributed by atoms with Gasteiger partial charge in [-0.25, -0.2) is 4.79 Å². The predicted molar refractivity (Wildman–Crippen MR) is 68.0 cm³/mol. The van der Waals surface area contributed by atoms with Gasteiger partial charge in [0.15, 0.2) is 0 Å². The van der Waals surface area contributed by atoms with E-state index in [4.69, 9.17) is 18.4 Å². The molecule has 7 heteroatoms. The van der Waals surface area contributed by atoms with E-state index >= 15 is 0 Å². The predicted octanol–water partition coefficient (Wildman–Crippen LogP) is 0.663. The zero-order valence-corrected chi connectivity index (χ0v) is 12.6. The Balaban J connectivity index is 0.000000397. The van der Waals surface area contributed by atoms with Crippen LogP contribution in [0, 0.1) is 0 Å². The van der Waals surface area contributed by atoms with Gasteiger partial charge in [0.25, 0.3) is 6.29 Å². The molecule has 0 aromatic carbocycles. The van der Waals surface area contributed by atoms with E-state index in [0.29, 0.717) is 13.2 Å². The minimum Gasteiger partial charge on any atom is -0.503 e. The highest BCUT2D eigenvalue weighted by molar-refractivity contribution is 6.27. The zero-order valence-electron chi connectivity index (χ0n) is 11.2. The Hall–Kier alpha value is -0.158. The molecule has 1 fully saturated rings. The number of carbonyl (C=O) groups is 1. The summed E-state index contributed by atoms with van der Waals surface area (Å²) in [4.78, 5) is 10.3. The number of methoxy groups -OCH3 is 1. The average molecular weight is 278 g/mol. The van der Waals surface area contributed by atoms with Crippen molar-refractivity contribution in [2.45, 2.75) is 31.3 Å². The topological polar surface area (TPSA) is 74.2 Å². The molecule has 1 aliphatic rings. The van der Waals surface area contributed by atoms with Gasteiger partial charge in [-0.05, 0) is 13.3 Å². The molecule has 1 aliphatic heterocycles. The molecule has 1 unspecified atom stereocenters. The molecule has 0 aliphatic carbocycles. The van der Waals surface area contributed by atoms with E-state index in [1.165, 1.54) is 25.2 Å². The Morgan fingerprint density at radius 3 is 2.56 bits per heavy atom. The van der Waals surface area contributed by atoms with Crippen LogP contribution in [0.1, 0.15) is 19.8 Å². The number of carboxylic acids is 1. The number of aliphatic carboxylic acids is 1. The quantitative estimate of drug-likeness (QED) is 0.419. The van der Waals surface area contributed by atoms with E-state index < -0.39 is 12.3 Å². The maximum Gasteiger partial charge on any atom is 0.435 e. The number of ether oxygens (including phenoxy) is 3. The number of rotatable bonds is 7. The van der Waals surface area contributed by atoms with Gasteiger partial charge in [-0.15, -0.1) is 0 Å². The molecule has 1 heterocycles. The van der Waals surface area contributed by atoms with Crippen LogP contribution in [0.25, 0.3) is 0 Å². The van der Waals surface area contributed by atoms with Gasteiger partial charge in [-0.3, -0.25) is 0 Å². The molecular formula is C11H23AlO6. The highest BCUT2D eigenvalue weighted by Gasteiger charge is 2.15. The van der Waals surface area contributed by atoms with E-state index in [2.05, 4.69) is 4.74 Å². The summed E-state index contributed by atoms with van der Waals surface area (Å²) in [7, 11) is 1.28. The molecule has 0 radical (unpaired) electrons. The Kier molecular flexibility index (Phi) is 13.2. The lowest BCUT2D eigenvalue weighted by molar-refractivity contribution is -0.185. The second-order valence-corrected chi connectivity index (χ2v) is 5.17. The van der Waals surface area contributed by atoms with Crippen LogP contribution in [0.5, 0.6) is 0 Å². The van der Waals surface area contributed by atoms with E-state index in [9.17, 15) is 4.79 Å². The Morgan fingerprint density at radius 1 is 1.44 bits per heavy atom. The molecule has 18 heavy (non-hydrogen) atoms. The lowest BCUT2D eigenvalue weighted by Crippen LogP contribution is -2.27. The molecule has 0 amide bonds. The number of carboxylic acid groups (broad SMARTS) is 1. The van der Waals surface area contributed by atoms with Crippen molar-refractivity contribution >= 4 is 21.5 Å². The number of hydrogen-bond donors (Lipinski definition) is 1. The van der Waals surface area contributed by atoms with Crippen molar-refractivity contribution < 1.29 is 27.9 Å². The summed E-state index contributed by atoms with van der Waals surface area (Å²) in [5, 5.41) is 9.86. The summed E-state index contributed by atoms with van der Waals surface area (Å²) in [6.45, 7) is 4.10. The fraction of sp³-hybridized carbons (Fsp3) is 0.909. The molecule has 6 nitrogen and oxygen atoms in total. The van der Waals surface area contributed by atoms with Gasteiger partial charge in [0.1, 0.15) is 0 Å². The normalized spacial score (nSPS) is 16.1. The highest BCUT2D eigenvalue weighted by Crippen LogP contribution is 2.01. The fourth-order valence-electron chi connectivity index (χ4n) is 1.29. The lowest BCUT2D eigenvalue weighted by atomic mass is 10.4. The summed E-state index contributed by atoms with van der Waals surface area (Å²) in [6.07, 6.45) is 1.56. The summed E-state index contributed by atoms with van der Waals surface area (Å²) < 4.78 is 19.5. The SMILES string of the molecule is C1C[CH2][AlH][O]C1.CCOCCOC(OC)C(=O)O. The van der Waals surface area contributed by atoms with Gasteiger partial charge in [0, 0.05) is 20.3 Å². The van der Waals surface area contributed by atoms with Crippen molar-refractivity contribution in [1.82, 2.24) is 0 Å². The molecule has 1 saturated heterocycles. The second-order valence-electron chi connectivity index (χ2n) is 3.65. The summed E-state index contributed by atoms with van der Waals surface area (Å²) in [6, 6.07) is 0. The summed E-state index contributed by atoms with van der Waals surface area (Å²) in [5.74, 6) is -1.13. The van der Waals surface area contributed by atoms with Crippen molar-refractivity contribution in [3.05, 3.63) is 0 Å². The molecule has 1 N–H and O–H groups in total. The standard InChI is InChI=1S/C7H14O5.C4H8O.Al.H/c1-3-11-4-5-12-7(10-2)6(8)9;1-2-3-4-5;;/h7H,3-5H2,1-2H3,(H,8,9);1-4H2;;/q;-1;+1;. The summed E-state index contributed by atoms with van der Waals surface area (Å²) in [5.41, 5.74) is 0. The van der Waals surface area contributed by atoms with Crippen LogP contribution >= 0.6 is 0 Å². The second kappa shape index (κ2) is 13.3. The van der Waals surface area contributed by atoms with Crippen LogP contribution in [0.2, 0.25) is 5.28 Å². The molecule has 0 bridgehead atoms. The molecule has 106 valence electrons. The third-order valence-electron chi connectivity index (χ3n) is 2.19. The maximum atomic E-state index is 10.3. The largest absolute Gasteiger partial charge is 0.503 e. The van der Waals surface area contributed by atoms with Crippen molar-refractivity contribution in [2.75, 3.05) is 33.5 Å². The highest BCUT2D eigenvalue weighted by atomic mass is 27.1. The van der Waals surface area contributed by atoms with Crippen LogP contribution < -0.4 is 0 Å². The maximum absolute atomic E-state index is 10.3. The third-order valence-corrected chi connectivity index (χ3v) is 3.56. The Bertz CT molecular complexity index is 186. The van der Waals surface area contributed by atoms with E-state index in [1.807, 2.05) is 6.92 Å². The average Bonchev–Trinajstić information content (AvgIpc) is 2.41. The lowest BCUT2D eigenvalue weighted by Gasteiger charge is -2.10. The van der Waals surface area contributed by atoms with Crippen LogP contribution in [0.4, 0.5) is 0 Å². The molecule has 1 rings (SSSR count). The van der Waals surface area contributed by atoms with Gasteiger partial charge in [0.05, 0.1) is 13.2 Å². The Labute approximate surface area is 115 Å². The smallest absolute Gasteiger partial charge is 0.435 e. The number of hydrogen-bond acceptors (Lipinski definition) is 5. The Morgan fingerprint density at radius 2 is 2.22 bits per heavy atom. The van der Waals surface area contributed by atoms with Gasteiger partial charge in [-0.2, -0.15) is 0 Å². The minimum absolute atomic E-state index is 0.00849. The van der Waals surface area contributed by atoms with Gasteiger partial charge < -0.3 is 23.1 Å². The molecule has 0 saturated carbocycles.